The standard InChI is InChI=1S/C26H23F3N8O2/c1-36-12-19(26(27,28)29)34-23(36)17-6-4-15(5-7-17)11-37(13-30)24-18(38-2)10-31-22(35-24)20-21(16-8-9-16)32-14-33-25(20)39-3/h4-7,10,12,14,16H,8-9,11H2,1-3H3. The molecule has 0 N–H and O–H groups in total. The number of aromatic nitrogens is 6. The summed E-state index contributed by atoms with van der Waals surface area (Å²) in [7, 11) is 4.46. The number of anilines is 1. The first-order valence-corrected chi connectivity index (χ1v) is 11.9. The van der Waals surface area contributed by atoms with E-state index in [1.54, 1.807) is 24.3 Å². The minimum Gasteiger partial charge on any atom is -0.491 e. The Morgan fingerprint density at radius 3 is 2.41 bits per heavy atom. The van der Waals surface area contributed by atoms with Crippen LogP contribution in [0.1, 0.15) is 35.7 Å². The molecule has 4 aromatic rings. The molecule has 0 unspecified atom stereocenters. The van der Waals surface area contributed by atoms with Crippen LogP contribution in [0.25, 0.3) is 22.8 Å². The Balaban J connectivity index is 1.45. The van der Waals surface area contributed by atoms with Crippen LogP contribution in [0.2, 0.25) is 0 Å². The number of nitriles is 1. The van der Waals surface area contributed by atoms with Crippen LogP contribution in [0.4, 0.5) is 19.0 Å². The number of imidazole rings is 1. The molecule has 3 heterocycles. The van der Waals surface area contributed by atoms with Gasteiger partial charge in [0, 0.05) is 24.7 Å². The summed E-state index contributed by atoms with van der Waals surface area (Å²) in [6.45, 7) is 0.121. The van der Waals surface area contributed by atoms with E-state index >= 15 is 0 Å². The van der Waals surface area contributed by atoms with Gasteiger partial charge in [0.2, 0.25) is 5.88 Å². The largest absolute Gasteiger partial charge is 0.491 e. The molecule has 39 heavy (non-hydrogen) atoms. The van der Waals surface area contributed by atoms with Crippen molar-refractivity contribution in [3.8, 4) is 40.6 Å². The van der Waals surface area contributed by atoms with Gasteiger partial charge in [0.15, 0.2) is 29.3 Å². The number of aryl methyl sites for hydroxylation is 1. The highest BCUT2D eigenvalue weighted by atomic mass is 19.4. The highest BCUT2D eigenvalue weighted by Crippen LogP contribution is 2.45. The average Bonchev–Trinajstić information content (AvgIpc) is 3.71. The highest BCUT2D eigenvalue weighted by Gasteiger charge is 2.35. The Bertz CT molecular complexity index is 1540. The average molecular weight is 537 g/mol. The van der Waals surface area contributed by atoms with E-state index in [0.29, 0.717) is 28.4 Å². The lowest BCUT2D eigenvalue weighted by Gasteiger charge is -2.19. The lowest BCUT2D eigenvalue weighted by molar-refractivity contribution is -0.140. The van der Waals surface area contributed by atoms with Gasteiger partial charge < -0.3 is 14.0 Å². The van der Waals surface area contributed by atoms with Crippen molar-refractivity contribution in [1.82, 2.24) is 29.5 Å². The molecule has 5 rings (SSSR count). The van der Waals surface area contributed by atoms with Crippen LogP contribution in [0.5, 0.6) is 11.6 Å². The molecule has 200 valence electrons. The topological polar surface area (TPSA) is 115 Å². The first-order valence-electron chi connectivity index (χ1n) is 11.9. The molecule has 1 aliphatic carbocycles. The fraction of sp³-hybridized carbons (Fsp3) is 0.308. The van der Waals surface area contributed by atoms with Gasteiger partial charge in [0.25, 0.3) is 0 Å². The van der Waals surface area contributed by atoms with Crippen molar-refractivity contribution in [3.63, 3.8) is 0 Å². The summed E-state index contributed by atoms with van der Waals surface area (Å²) in [5.74, 6) is 1.61. The Labute approximate surface area is 221 Å². The summed E-state index contributed by atoms with van der Waals surface area (Å²) in [6, 6.07) is 6.75. The molecule has 13 heteroatoms. The Morgan fingerprint density at radius 1 is 1.08 bits per heavy atom. The highest BCUT2D eigenvalue weighted by molar-refractivity contribution is 5.69. The van der Waals surface area contributed by atoms with Crippen molar-refractivity contribution in [2.24, 2.45) is 7.05 Å². The fourth-order valence-electron chi connectivity index (χ4n) is 4.20. The van der Waals surface area contributed by atoms with Gasteiger partial charge in [0.05, 0.1) is 32.7 Å². The molecule has 0 aliphatic heterocycles. The number of rotatable bonds is 8. The number of ether oxygens (including phenoxy) is 2. The van der Waals surface area contributed by atoms with Crippen LogP contribution in [-0.2, 0) is 19.8 Å². The van der Waals surface area contributed by atoms with Crippen molar-refractivity contribution in [1.29, 1.82) is 5.26 Å². The summed E-state index contributed by atoms with van der Waals surface area (Å²) in [4.78, 5) is 22.8. The van der Waals surface area contributed by atoms with Gasteiger partial charge in [-0.1, -0.05) is 24.3 Å². The third-order valence-electron chi connectivity index (χ3n) is 6.28. The lowest BCUT2D eigenvalue weighted by atomic mass is 10.1. The van der Waals surface area contributed by atoms with Gasteiger partial charge in [-0.05, 0) is 18.4 Å². The molecule has 1 saturated carbocycles. The van der Waals surface area contributed by atoms with Crippen molar-refractivity contribution >= 4 is 5.82 Å². The third-order valence-corrected chi connectivity index (χ3v) is 6.28. The fourth-order valence-corrected chi connectivity index (χ4v) is 4.20. The van der Waals surface area contributed by atoms with E-state index in [-0.39, 0.29) is 29.9 Å². The number of hydrogen-bond acceptors (Lipinski definition) is 9. The molecule has 0 spiro atoms. The normalized spacial score (nSPS) is 13.2. The van der Waals surface area contributed by atoms with Gasteiger partial charge in [-0.15, -0.1) is 0 Å². The maximum Gasteiger partial charge on any atom is 0.434 e. The summed E-state index contributed by atoms with van der Waals surface area (Å²) in [5.41, 5.74) is 1.62. The molecule has 10 nitrogen and oxygen atoms in total. The van der Waals surface area contributed by atoms with E-state index in [1.807, 2.05) is 0 Å². The summed E-state index contributed by atoms with van der Waals surface area (Å²) < 4.78 is 51.4. The van der Waals surface area contributed by atoms with Gasteiger partial charge in [0.1, 0.15) is 17.7 Å². The molecule has 0 saturated heterocycles. The molecule has 1 fully saturated rings. The number of benzene rings is 1. The van der Waals surface area contributed by atoms with Crippen LogP contribution in [0.15, 0.2) is 43.0 Å². The molecular formula is C26H23F3N8O2. The van der Waals surface area contributed by atoms with Crippen molar-refractivity contribution in [2.75, 3.05) is 19.1 Å². The molecule has 0 radical (unpaired) electrons. The number of hydrogen-bond donors (Lipinski definition) is 0. The molecule has 1 aromatic carbocycles. The first-order chi connectivity index (χ1) is 18.7. The van der Waals surface area contributed by atoms with Gasteiger partial charge in [-0.25, -0.2) is 24.9 Å². The maximum atomic E-state index is 13.1. The zero-order valence-corrected chi connectivity index (χ0v) is 21.3. The quantitative estimate of drug-likeness (QED) is 0.233. The zero-order chi connectivity index (χ0) is 27.7. The zero-order valence-electron chi connectivity index (χ0n) is 21.3. The first kappa shape index (κ1) is 25.9. The molecule has 3 aromatic heterocycles. The van der Waals surface area contributed by atoms with Crippen LogP contribution >= 0.6 is 0 Å². The Kier molecular flexibility index (Phi) is 6.78. The minimum atomic E-state index is -4.53. The predicted octanol–water partition coefficient (Wildman–Crippen LogP) is 4.74. The molecule has 0 atom stereocenters. The van der Waals surface area contributed by atoms with E-state index in [2.05, 4.69) is 31.1 Å². The summed E-state index contributed by atoms with van der Waals surface area (Å²) in [5, 5.41) is 10.0. The third kappa shape index (κ3) is 5.18. The minimum absolute atomic E-state index is 0.121. The molecule has 0 bridgehead atoms. The van der Waals surface area contributed by atoms with Gasteiger partial charge in [-0.3, -0.25) is 4.90 Å². The van der Waals surface area contributed by atoms with Crippen LogP contribution in [-0.4, -0.2) is 43.7 Å². The number of halogens is 3. The second-order valence-electron chi connectivity index (χ2n) is 8.94. The molecular weight excluding hydrogens is 513 g/mol. The Hall–Kier alpha value is -4.73. The van der Waals surface area contributed by atoms with Crippen molar-refractivity contribution < 1.29 is 22.6 Å². The number of nitrogens with zero attached hydrogens (tertiary/aromatic N) is 8. The van der Waals surface area contributed by atoms with E-state index in [4.69, 9.17) is 9.47 Å². The van der Waals surface area contributed by atoms with Crippen LogP contribution in [0.3, 0.4) is 0 Å². The van der Waals surface area contributed by atoms with Crippen LogP contribution in [0, 0.1) is 11.5 Å². The van der Waals surface area contributed by atoms with E-state index in [0.717, 1.165) is 24.7 Å². The van der Waals surface area contributed by atoms with Gasteiger partial charge in [-0.2, -0.15) is 18.4 Å². The molecule has 0 amide bonds. The monoisotopic (exact) mass is 536 g/mol. The van der Waals surface area contributed by atoms with Crippen molar-refractivity contribution in [3.05, 3.63) is 59.9 Å². The summed E-state index contributed by atoms with van der Waals surface area (Å²) in [6.07, 6.45) is 3.45. The van der Waals surface area contributed by atoms with E-state index < -0.39 is 11.9 Å². The number of alkyl halides is 3. The maximum absolute atomic E-state index is 13.1. The summed E-state index contributed by atoms with van der Waals surface area (Å²) >= 11 is 0. The lowest BCUT2D eigenvalue weighted by Crippen LogP contribution is -2.19. The van der Waals surface area contributed by atoms with Crippen molar-refractivity contribution in [2.45, 2.75) is 31.5 Å². The van der Waals surface area contributed by atoms with E-state index in [1.165, 1.54) is 43.3 Å². The SMILES string of the molecule is COc1cnc(-c2c(OC)ncnc2C2CC2)nc1N(C#N)Cc1ccc(-c2nc(C(F)(F)F)cn2C)cc1. The predicted molar refractivity (Wildman–Crippen MR) is 134 cm³/mol. The van der Waals surface area contributed by atoms with E-state index in [9.17, 15) is 18.4 Å². The van der Waals surface area contributed by atoms with Crippen LogP contribution < -0.4 is 14.4 Å². The number of methoxy groups -OCH3 is 2. The second kappa shape index (κ2) is 10.2. The molecule has 1 aliphatic rings. The second-order valence-corrected chi connectivity index (χ2v) is 8.94. The Morgan fingerprint density at radius 2 is 1.82 bits per heavy atom. The van der Waals surface area contributed by atoms with Gasteiger partial charge >= 0.3 is 6.18 Å². The smallest absolute Gasteiger partial charge is 0.434 e.